The van der Waals surface area contributed by atoms with Crippen LogP contribution < -0.4 is 5.73 Å². The van der Waals surface area contributed by atoms with E-state index in [1.54, 1.807) is 0 Å². The number of aliphatic hydroxyl groups is 1. The number of imidazole rings is 1. The molecule has 5 nitrogen and oxygen atoms in total. The van der Waals surface area contributed by atoms with Crippen LogP contribution in [0.4, 0.5) is 0 Å². The highest BCUT2D eigenvalue weighted by atomic mass is 16.3. The van der Waals surface area contributed by atoms with E-state index in [4.69, 9.17) is 5.73 Å². The molecule has 2 heterocycles. The third kappa shape index (κ3) is 1.71. The van der Waals surface area contributed by atoms with Crippen molar-refractivity contribution in [2.75, 3.05) is 0 Å². The van der Waals surface area contributed by atoms with Crippen LogP contribution in [0.15, 0.2) is 35.0 Å². The fraction of sp³-hybridized carbons (Fsp3) is 0.412. The Morgan fingerprint density at radius 2 is 1.91 bits per heavy atom. The predicted molar refractivity (Wildman–Crippen MR) is 87.7 cm³/mol. The lowest BCUT2D eigenvalue weighted by Crippen LogP contribution is -2.30. The summed E-state index contributed by atoms with van der Waals surface area (Å²) in [5, 5.41) is 10.9. The molecule has 1 aliphatic heterocycles. The second kappa shape index (κ2) is 4.60. The molecule has 1 spiro atoms. The van der Waals surface area contributed by atoms with Crippen LogP contribution in [0.5, 0.6) is 0 Å². The summed E-state index contributed by atoms with van der Waals surface area (Å²) in [6.07, 6.45) is 5.10. The first-order valence-corrected chi connectivity index (χ1v) is 7.84. The van der Waals surface area contributed by atoms with Gasteiger partial charge in [0.2, 0.25) is 0 Å². The summed E-state index contributed by atoms with van der Waals surface area (Å²) in [4.78, 5) is 9.30. The van der Waals surface area contributed by atoms with E-state index in [0.717, 1.165) is 36.7 Å². The number of rotatable bonds is 1. The van der Waals surface area contributed by atoms with Crippen LogP contribution in [0.2, 0.25) is 0 Å². The van der Waals surface area contributed by atoms with Crippen LogP contribution in [0.1, 0.15) is 37.9 Å². The largest absolute Gasteiger partial charge is 0.509 e. The van der Waals surface area contributed by atoms with E-state index in [1.165, 1.54) is 6.42 Å². The number of hydrogen-bond acceptors (Lipinski definition) is 4. The van der Waals surface area contributed by atoms with Gasteiger partial charge in [-0.3, -0.25) is 4.99 Å². The van der Waals surface area contributed by atoms with Crippen LogP contribution in [0, 0.1) is 0 Å². The topological polar surface area (TPSA) is 76.4 Å². The van der Waals surface area contributed by atoms with Crippen molar-refractivity contribution in [2.45, 2.75) is 37.6 Å². The third-order valence-electron chi connectivity index (χ3n) is 4.96. The zero-order valence-electron chi connectivity index (χ0n) is 12.7. The Morgan fingerprint density at radius 3 is 2.64 bits per heavy atom. The van der Waals surface area contributed by atoms with Crippen molar-refractivity contribution in [2.24, 2.45) is 17.8 Å². The first-order chi connectivity index (χ1) is 10.6. The molecule has 3 N–H and O–H groups in total. The van der Waals surface area contributed by atoms with Crippen molar-refractivity contribution in [3.63, 3.8) is 0 Å². The maximum atomic E-state index is 10.9. The number of hydrogen-bond donors (Lipinski definition) is 2. The molecule has 0 radical (unpaired) electrons. The van der Waals surface area contributed by atoms with Gasteiger partial charge in [0.15, 0.2) is 0 Å². The lowest BCUT2D eigenvalue weighted by molar-refractivity contribution is 0.246. The van der Waals surface area contributed by atoms with Crippen molar-refractivity contribution in [3.05, 3.63) is 35.8 Å². The number of para-hydroxylation sites is 2. The molecule has 114 valence electrons. The van der Waals surface area contributed by atoms with Crippen LogP contribution in [0.25, 0.3) is 16.6 Å². The van der Waals surface area contributed by atoms with Crippen LogP contribution >= 0.6 is 0 Å². The molecule has 0 saturated heterocycles. The summed E-state index contributed by atoms with van der Waals surface area (Å²) in [5.74, 6) is 1.42. The van der Waals surface area contributed by atoms with Gasteiger partial charge in [0.1, 0.15) is 23.0 Å². The molecule has 1 aliphatic carbocycles. The quantitative estimate of drug-likeness (QED) is 0.849. The summed E-state index contributed by atoms with van der Waals surface area (Å²) >= 11 is 0. The Morgan fingerprint density at radius 1 is 1.18 bits per heavy atom. The van der Waals surface area contributed by atoms with Gasteiger partial charge in [0.05, 0.1) is 16.6 Å². The molecular formula is C17H20N4O. The Bertz CT molecular complexity index is 809. The van der Waals surface area contributed by atoms with Crippen molar-refractivity contribution < 1.29 is 5.11 Å². The molecule has 0 bridgehead atoms. The smallest absolute Gasteiger partial charge is 0.148 e. The van der Waals surface area contributed by atoms with Crippen molar-refractivity contribution in [3.8, 4) is 0 Å². The van der Waals surface area contributed by atoms with Crippen molar-refractivity contribution >= 4 is 22.4 Å². The maximum Gasteiger partial charge on any atom is 0.148 e. The van der Waals surface area contributed by atoms with Gasteiger partial charge in [-0.25, -0.2) is 4.98 Å². The van der Waals surface area contributed by atoms with Gasteiger partial charge < -0.3 is 15.4 Å². The highest BCUT2D eigenvalue weighted by Gasteiger charge is 2.44. The number of amidine groups is 1. The van der Waals surface area contributed by atoms with E-state index in [9.17, 15) is 5.11 Å². The van der Waals surface area contributed by atoms with Gasteiger partial charge in [0, 0.05) is 7.05 Å². The first-order valence-electron chi connectivity index (χ1n) is 7.84. The molecular weight excluding hydrogens is 276 g/mol. The van der Waals surface area contributed by atoms with Crippen molar-refractivity contribution in [1.29, 1.82) is 0 Å². The minimum absolute atomic E-state index is 0.308. The molecule has 2 aromatic rings. The number of aliphatic imine (C=N–C) groups is 1. The molecule has 1 fully saturated rings. The number of aromatic nitrogens is 2. The fourth-order valence-electron chi connectivity index (χ4n) is 3.77. The molecule has 5 heteroatoms. The fourth-order valence-corrected chi connectivity index (χ4v) is 3.77. The van der Waals surface area contributed by atoms with Crippen LogP contribution in [0.3, 0.4) is 0 Å². The molecule has 22 heavy (non-hydrogen) atoms. The number of nitrogens with zero attached hydrogens (tertiary/aromatic N) is 3. The number of fused-ring (bicyclic) bond motifs is 1. The molecule has 4 rings (SSSR count). The highest BCUT2D eigenvalue weighted by Crippen LogP contribution is 2.43. The summed E-state index contributed by atoms with van der Waals surface area (Å²) in [5.41, 5.74) is 8.21. The third-order valence-corrected chi connectivity index (χ3v) is 4.96. The summed E-state index contributed by atoms with van der Waals surface area (Å²) in [7, 11) is 1.95. The average molecular weight is 296 g/mol. The maximum absolute atomic E-state index is 10.9. The Kier molecular flexibility index (Phi) is 2.79. The lowest BCUT2D eigenvalue weighted by atomic mass is 9.81. The SMILES string of the molecule is Cn1c(C2=C(O)C3(CCCCC3)N=C2N)nc2ccccc21. The van der Waals surface area contributed by atoms with Crippen LogP contribution in [-0.4, -0.2) is 26.0 Å². The van der Waals surface area contributed by atoms with Gasteiger partial charge in [0.25, 0.3) is 0 Å². The van der Waals surface area contributed by atoms with E-state index in [-0.39, 0.29) is 0 Å². The summed E-state index contributed by atoms with van der Waals surface area (Å²) < 4.78 is 1.98. The minimum Gasteiger partial charge on any atom is -0.509 e. The molecule has 0 atom stereocenters. The minimum atomic E-state index is -0.504. The first kappa shape index (κ1) is 13.4. The zero-order chi connectivity index (χ0) is 15.3. The number of aliphatic hydroxyl groups excluding tert-OH is 1. The molecule has 2 aliphatic rings. The number of nitrogens with two attached hydrogens (primary N) is 1. The molecule has 0 unspecified atom stereocenters. The Hall–Kier alpha value is -2.30. The zero-order valence-corrected chi connectivity index (χ0v) is 12.7. The van der Waals surface area contributed by atoms with Gasteiger partial charge >= 0.3 is 0 Å². The van der Waals surface area contributed by atoms with Crippen molar-refractivity contribution in [1.82, 2.24) is 9.55 Å². The number of aryl methyl sites for hydroxylation is 1. The van der Waals surface area contributed by atoms with E-state index < -0.39 is 5.54 Å². The van der Waals surface area contributed by atoms with E-state index in [0.29, 0.717) is 23.0 Å². The summed E-state index contributed by atoms with van der Waals surface area (Å²) in [6, 6.07) is 7.93. The normalized spacial score (nSPS) is 20.9. The number of benzene rings is 1. The van der Waals surface area contributed by atoms with E-state index in [1.807, 2.05) is 35.9 Å². The summed E-state index contributed by atoms with van der Waals surface area (Å²) in [6.45, 7) is 0. The molecule has 1 aromatic carbocycles. The van der Waals surface area contributed by atoms with Crippen LogP contribution in [-0.2, 0) is 7.05 Å². The van der Waals surface area contributed by atoms with E-state index in [2.05, 4.69) is 9.98 Å². The van der Waals surface area contributed by atoms with Gasteiger partial charge in [-0.05, 0) is 25.0 Å². The molecule has 1 aromatic heterocycles. The highest BCUT2D eigenvalue weighted by molar-refractivity contribution is 6.24. The van der Waals surface area contributed by atoms with E-state index >= 15 is 0 Å². The molecule has 1 saturated carbocycles. The van der Waals surface area contributed by atoms with Gasteiger partial charge in [-0.2, -0.15) is 0 Å². The van der Waals surface area contributed by atoms with Gasteiger partial charge in [-0.15, -0.1) is 0 Å². The predicted octanol–water partition coefficient (Wildman–Crippen LogP) is 2.92. The second-order valence-electron chi connectivity index (χ2n) is 6.30. The van der Waals surface area contributed by atoms with Gasteiger partial charge in [-0.1, -0.05) is 31.4 Å². The average Bonchev–Trinajstić information content (AvgIpc) is 2.96. The standard InChI is InChI=1S/C17H20N4O/c1-21-12-8-4-3-7-11(12)19-16(21)13-14(22)17(20-15(13)18)9-5-2-6-10-17/h3-4,7-8,22H,2,5-6,9-10H2,1H3,(H2,18,20). The Balaban J connectivity index is 1.90. The lowest BCUT2D eigenvalue weighted by Gasteiger charge is -2.30. The monoisotopic (exact) mass is 296 g/mol. The molecule has 0 amide bonds. The Labute approximate surface area is 129 Å². The second-order valence-corrected chi connectivity index (χ2v) is 6.30.